The van der Waals surface area contributed by atoms with Crippen LogP contribution in [-0.4, -0.2) is 58.8 Å². The van der Waals surface area contributed by atoms with Crippen LogP contribution in [0.3, 0.4) is 0 Å². The third kappa shape index (κ3) is 4.87. The van der Waals surface area contributed by atoms with Gasteiger partial charge in [-0.1, -0.05) is 55.9 Å². The van der Waals surface area contributed by atoms with Crippen molar-refractivity contribution < 1.29 is 13.2 Å². The van der Waals surface area contributed by atoms with E-state index in [9.17, 15) is 13.2 Å². The minimum Gasteiger partial charge on any atom is -0.358 e. The topological polar surface area (TPSA) is 97.2 Å². The smallest absolute Gasteiger partial charge is 0.243 e. The maximum atomic E-state index is 13.0. The highest BCUT2D eigenvalue weighted by atomic mass is 32.2. The molecule has 0 aliphatic rings. The van der Waals surface area contributed by atoms with Crippen molar-refractivity contribution in [2.45, 2.75) is 36.1 Å². The van der Waals surface area contributed by atoms with Crippen LogP contribution in [0.5, 0.6) is 0 Å². The zero-order valence-electron chi connectivity index (χ0n) is 18.5. The van der Waals surface area contributed by atoms with Gasteiger partial charge in [-0.05, 0) is 31.2 Å². The number of rotatable bonds is 9. The van der Waals surface area contributed by atoms with E-state index in [1.807, 2.05) is 48.7 Å². The number of aromatic nitrogens is 3. The van der Waals surface area contributed by atoms with Crippen molar-refractivity contribution in [1.29, 1.82) is 0 Å². The quantitative estimate of drug-likeness (QED) is 0.480. The predicted octanol–water partition coefficient (Wildman–Crippen LogP) is 3.19. The first-order valence-electron chi connectivity index (χ1n) is 10.3. The van der Waals surface area contributed by atoms with Gasteiger partial charge in [0.1, 0.15) is 0 Å². The Balaban J connectivity index is 2.12. The summed E-state index contributed by atoms with van der Waals surface area (Å²) in [5, 5.41) is 11.5. The first-order chi connectivity index (χ1) is 15.3. The lowest BCUT2D eigenvalue weighted by Gasteiger charge is -2.19. The van der Waals surface area contributed by atoms with Crippen molar-refractivity contribution in [2.75, 3.05) is 20.1 Å². The highest BCUT2D eigenvalue weighted by Crippen LogP contribution is 2.31. The summed E-state index contributed by atoms with van der Waals surface area (Å²) in [6, 6.07) is 16.3. The van der Waals surface area contributed by atoms with Crippen molar-refractivity contribution in [2.24, 2.45) is 0 Å². The highest BCUT2D eigenvalue weighted by Gasteiger charge is 2.24. The van der Waals surface area contributed by atoms with Gasteiger partial charge in [0.05, 0.1) is 10.1 Å². The molecule has 3 aromatic rings. The number of carbonyl (C=O) groups excluding carboxylic acids is 1. The standard InChI is InChI=1S/C22H27N5O3S2/c1-5-26(6-2)32(29,30)19-14-10-11-17(15-19)20-24-25-22(31-16(3)21(28)23-4)27(20)18-12-8-7-9-13-18/h7-16H,5-6H2,1-4H3,(H,23,28). The van der Waals surface area contributed by atoms with Gasteiger partial charge in [0.15, 0.2) is 11.0 Å². The van der Waals surface area contributed by atoms with E-state index in [1.54, 1.807) is 38.2 Å². The monoisotopic (exact) mass is 473 g/mol. The molecule has 170 valence electrons. The number of amides is 1. The van der Waals surface area contributed by atoms with Gasteiger partial charge in [0.2, 0.25) is 15.9 Å². The second kappa shape index (κ2) is 10.3. The Kier molecular flexibility index (Phi) is 7.70. The Hall–Kier alpha value is -2.69. The normalized spacial score (nSPS) is 12.7. The molecule has 1 amide bonds. The van der Waals surface area contributed by atoms with Gasteiger partial charge in [0, 0.05) is 31.4 Å². The SMILES string of the molecule is CCN(CC)S(=O)(=O)c1cccc(-c2nnc(SC(C)C(=O)NC)n2-c2ccccc2)c1. The van der Waals surface area contributed by atoms with Crippen molar-refractivity contribution >= 4 is 27.7 Å². The lowest BCUT2D eigenvalue weighted by Crippen LogP contribution is -2.30. The molecule has 1 heterocycles. The average molecular weight is 474 g/mol. The van der Waals surface area contributed by atoms with Crippen LogP contribution in [0.1, 0.15) is 20.8 Å². The van der Waals surface area contributed by atoms with E-state index in [-0.39, 0.29) is 16.1 Å². The van der Waals surface area contributed by atoms with Crippen molar-refractivity contribution in [3.8, 4) is 17.1 Å². The highest BCUT2D eigenvalue weighted by molar-refractivity contribution is 8.00. The molecule has 2 aromatic carbocycles. The molecular formula is C22H27N5O3S2. The van der Waals surface area contributed by atoms with Gasteiger partial charge in [-0.2, -0.15) is 4.31 Å². The molecule has 0 spiro atoms. The summed E-state index contributed by atoms with van der Waals surface area (Å²) in [5.41, 5.74) is 1.44. The number of hydrogen-bond donors (Lipinski definition) is 1. The number of nitrogens with one attached hydrogen (secondary N) is 1. The lowest BCUT2D eigenvalue weighted by molar-refractivity contribution is -0.119. The van der Waals surface area contributed by atoms with Crippen LogP contribution in [-0.2, 0) is 14.8 Å². The first kappa shape index (κ1) is 24.0. The number of sulfonamides is 1. The molecule has 0 radical (unpaired) electrons. The molecule has 10 heteroatoms. The summed E-state index contributed by atoms with van der Waals surface area (Å²) in [4.78, 5) is 12.3. The van der Waals surface area contributed by atoms with Crippen LogP contribution in [0.2, 0.25) is 0 Å². The molecule has 0 bridgehead atoms. The third-order valence-electron chi connectivity index (χ3n) is 4.98. The fourth-order valence-electron chi connectivity index (χ4n) is 3.27. The Morgan fingerprint density at radius 1 is 1.09 bits per heavy atom. The predicted molar refractivity (Wildman–Crippen MR) is 126 cm³/mol. The van der Waals surface area contributed by atoms with Crippen LogP contribution in [0.4, 0.5) is 0 Å². The van der Waals surface area contributed by atoms with Crippen molar-refractivity contribution in [1.82, 2.24) is 24.4 Å². The van der Waals surface area contributed by atoms with Gasteiger partial charge in [0.25, 0.3) is 0 Å². The largest absolute Gasteiger partial charge is 0.358 e. The summed E-state index contributed by atoms with van der Waals surface area (Å²) in [6.45, 7) is 6.20. The molecule has 1 unspecified atom stereocenters. The molecule has 32 heavy (non-hydrogen) atoms. The number of thioether (sulfide) groups is 1. The summed E-state index contributed by atoms with van der Waals surface area (Å²) in [6.07, 6.45) is 0. The van der Waals surface area contributed by atoms with Gasteiger partial charge >= 0.3 is 0 Å². The number of benzene rings is 2. The zero-order valence-corrected chi connectivity index (χ0v) is 20.2. The summed E-state index contributed by atoms with van der Waals surface area (Å²) in [5.74, 6) is 0.380. The Morgan fingerprint density at radius 3 is 2.41 bits per heavy atom. The lowest BCUT2D eigenvalue weighted by atomic mass is 10.2. The van der Waals surface area contributed by atoms with E-state index >= 15 is 0 Å². The summed E-state index contributed by atoms with van der Waals surface area (Å²) in [7, 11) is -2.03. The molecule has 0 saturated carbocycles. The molecule has 0 aliphatic carbocycles. The van der Waals surface area contributed by atoms with Crippen molar-refractivity contribution in [3.05, 3.63) is 54.6 Å². The molecule has 0 aliphatic heterocycles. The van der Waals surface area contributed by atoms with Crippen LogP contribution >= 0.6 is 11.8 Å². The van der Waals surface area contributed by atoms with Crippen LogP contribution < -0.4 is 5.32 Å². The molecular weight excluding hydrogens is 446 g/mol. The van der Waals surface area contributed by atoms with E-state index < -0.39 is 10.0 Å². The van der Waals surface area contributed by atoms with Gasteiger partial charge < -0.3 is 5.32 Å². The fraction of sp³-hybridized carbons (Fsp3) is 0.318. The number of nitrogens with zero attached hydrogens (tertiary/aromatic N) is 4. The van der Waals surface area contributed by atoms with Crippen LogP contribution in [0.25, 0.3) is 17.1 Å². The maximum absolute atomic E-state index is 13.0. The second-order valence-electron chi connectivity index (χ2n) is 6.97. The molecule has 1 N–H and O–H groups in total. The van der Waals surface area contributed by atoms with Crippen LogP contribution in [0.15, 0.2) is 64.6 Å². The van der Waals surface area contributed by atoms with E-state index in [2.05, 4.69) is 15.5 Å². The minimum atomic E-state index is -3.62. The summed E-state index contributed by atoms with van der Waals surface area (Å²) >= 11 is 1.29. The fourth-order valence-corrected chi connectivity index (χ4v) is 5.70. The molecule has 0 fully saturated rings. The molecule has 1 aromatic heterocycles. The number of carbonyl (C=O) groups is 1. The molecule has 3 rings (SSSR count). The van der Waals surface area contributed by atoms with E-state index in [1.165, 1.54) is 16.1 Å². The minimum absolute atomic E-state index is 0.119. The van der Waals surface area contributed by atoms with Crippen LogP contribution in [0, 0.1) is 0 Å². The second-order valence-corrected chi connectivity index (χ2v) is 10.2. The number of para-hydroxylation sites is 1. The van der Waals surface area contributed by atoms with Gasteiger partial charge in [-0.25, -0.2) is 8.42 Å². The zero-order chi connectivity index (χ0) is 23.3. The Labute approximate surface area is 193 Å². The molecule has 1 atom stereocenters. The third-order valence-corrected chi connectivity index (χ3v) is 8.07. The Morgan fingerprint density at radius 2 is 1.78 bits per heavy atom. The van der Waals surface area contributed by atoms with Gasteiger partial charge in [-0.3, -0.25) is 9.36 Å². The maximum Gasteiger partial charge on any atom is 0.243 e. The van der Waals surface area contributed by atoms with Crippen molar-refractivity contribution in [3.63, 3.8) is 0 Å². The first-order valence-corrected chi connectivity index (χ1v) is 12.6. The number of hydrogen-bond acceptors (Lipinski definition) is 6. The average Bonchev–Trinajstić information content (AvgIpc) is 3.23. The summed E-state index contributed by atoms with van der Waals surface area (Å²) < 4.78 is 29.3. The van der Waals surface area contributed by atoms with Gasteiger partial charge in [-0.15, -0.1) is 10.2 Å². The molecule has 0 saturated heterocycles. The van der Waals surface area contributed by atoms with E-state index in [4.69, 9.17) is 0 Å². The van der Waals surface area contributed by atoms with E-state index in [0.29, 0.717) is 29.6 Å². The van der Waals surface area contributed by atoms with E-state index in [0.717, 1.165) is 5.69 Å². The Bertz CT molecular complexity index is 1180. The molecule has 8 nitrogen and oxygen atoms in total.